The van der Waals surface area contributed by atoms with Crippen molar-refractivity contribution in [2.75, 3.05) is 7.11 Å². The maximum absolute atomic E-state index is 10.4. The minimum atomic E-state index is -0.892. The maximum atomic E-state index is 10.4. The Morgan fingerprint density at radius 1 is 1.82 bits per heavy atom. The SMILES string of the molecule is C=CCCCC(OC)C(=O)O. The lowest BCUT2D eigenvalue weighted by molar-refractivity contribution is -0.148. The lowest BCUT2D eigenvalue weighted by Crippen LogP contribution is -2.21. The molecule has 0 saturated carbocycles. The highest BCUT2D eigenvalue weighted by molar-refractivity contribution is 5.72. The van der Waals surface area contributed by atoms with E-state index in [4.69, 9.17) is 9.84 Å². The fraction of sp³-hybridized carbons (Fsp3) is 0.625. The first-order chi connectivity index (χ1) is 5.22. The van der Waals surface area contributed by atoms with Crippen LogP contribution in [0.4, 0.5) is 0 Å². The van der Waals surface area contributed by atoms with Crippen LogP contribution in [0.15, 0.2) is 12.7 Å². The van der Waals surface area contributed by atoms with Gasteiger partial charge in [0.05, 0.1) is 0 Å². The monoisotopic (exact) mass is 158 g/mol. The Morgan fingerprint density at radius 3 is 2.82 bits per heavy atom. The van der Waals surface area contributed by atoms with E-state index in [0.29, 0.717) is 6.42 Å². The largest absolute Gasteiger partial charge is 0.479 e. The Morgan fingerprint density at radius 2 is 2.45 bits per heavy atom. The van der Waals surface area contributed by atoms with Crippen LogP contribution < -0.4 is 0 Å². The number of hydrogen-bond donors (Lipinski definition) is 1. The summed E-state index contributed by atoms with van der Waals surface area (Å²) in [5, 5.41) is 8.52. The average molecular weight is 158 g/mol. The summed E-state index contributed by atoms with van der Waals surface area (Å²) in [4.78, 5) is 10.4. The van der Waals surface area contributed by atoms with Gasteiger partial charge in [0.25, 0.3) is 0 Å². The zero-order valence-electron chi connectivity index (χ0n) is 6.75. The fourth-order valence-electron chi connectivity index (χ4n) is 0.790. The molecule has 0 rings (SSSR count). The summed E-state index contributed by atoms with van der Waals surface area (Å²) in [5.41, 5.74) is 0. The van der Waals surface area contributed by atoms with E-state index < -0.39 is 12.1 Å². The summed E-state index contributed by atoms with van der Waals surface area (Å²) in [6, 6.07) is 0. The zero-order valence-corrected chi connectivity index (χ0v) is 6.75. The quantitative estimate of drug-likeness (QED) is 0.470. The summed E-state index contributed by atoms with van der Waals surface area (Å²) in [7, 11) is 1.41. The molecule has 0 aromatic rings. The zero-order chi connectivity index (χ0) is 8.69. The van der Waals surface area contributed by atoms with Crippen LogP contribution in [-0.4, -0.2) is 24.3 Å². The second-order valence-corrected chi connectivity index (χ2v) is 2.28. The minimum absolute atomic E-state index is 0.553. The molecule has 0 aliphatic rings. The number of carboxylic acids is 1. The van der Waals surface area contributed by atoms with Crippen LogP contribution in [0.1, 0.15) is 19.3 Å². The van der Waals surface area contributed by atoms with Crippen LogP contribution in [0.2, 0.25) is 0 Å². The molecular weight excluding hydrogens is 144 g/mol. The Balaban J connectivity index is 3.52. The van der Waals surface area contributed by atoms with E-state index in [1.807, 2.05) is 0 Å². The number of ether oxygens (including phenoxy) is 1. The molecule has 0 amide bonds. The molecule has 0 bridgehead atoms. The predicted octanol–water partition coefficient (Wildman–Crippen LogP) is 1.44. The Labute approximate surface area is 66.7 Å². The molecule has 64 valence electrons. The number of unbranched alkanes of at least 4 members (excludes halogenated alkanes) is 1. The van der Waals surface area contributed by atoms with Gasteiger partial charge < -0.3 is 9.84 Å². The Kier molecular flexibility index (Phi) is 5.47. The lowest BCUT2D eigenvalue weighted by atomic mass is 10.1. The van der Waals surface area contributed by atoms with Crippen LogP contribution in [-0.2, 0) is 9.53 Å². The van der Waals surface area contributed by atoms with Gasteiger partial charge in [0.2, 0.25) is 0 Å². The normalized spacial score (nSPS) is 12.5. The van der Waals surface area contributed by atoms with Crippen molar-refractivity contribution >= 4 is 5.97 Å². The predicted molar refractivity (Wildman–Crippen MR) is 42.5 cm³/mol. The van der Waals surface area contributed by atoms with Crippen molar-refractivity contribution in [2.24, 2.45) is 0 Å². The van der Waals surface area contributed by atoms with Gasteiger partial charge in [-0.1, -0.05) is 6.08 Å². The van der Waals surface area contributed by atoms with Gasteiger partial charge >= 0.3 is 5.97 Å². The summed E-state index contributed by atoms with van der Waals surface area (Å²) in [6.07, 6.45) is 3.32. The molecule has 1 N–H and O–H groups in total. The first-order valence-electron chi connectivity index (χ1n) is 3.59. The third kappa shape index (κ3) is 4.56. The Bertz CT molecular complexity index is 131. The second-order valence-electron chi connectivity index (χ2n) is 2.28. The van der Waals surface area contributed by atoms with E-state index in [0.717, 1.165) is 12.8 Å². The molecule has 0 spiro atoms. The van der Waals surface area contributed by atoms with Gasteiger partial charge in [-0.05, 0) is 19.3 Å². The molecule has 0 heterocycles. The summed E-state index contributed by atoms with van der Waals surface area (Å²) in [5.74, 6) is -0.892. The standard InChI is InChI=1S/C8H14O3/c1-3-4-5-6-7(11-2)8(9)10/h3,7H,1,4-6H2,2H3,(H,9,10). The van der Waals surface area contributed by atoms with Crippen LogP contribution in [0.3, 0.4) is 0 Å². The third-order valence-corrected chi connectivity index (χ3v) is 1.43. The number of hydrogen-bond acceptors (Lipinski definition) is 2. The van der Waals surface area contributed by atoms with Crippen molar-refractivity contribution in [3.63, 3.8) is 0 Å². The van der Waals surface area contributed by atoms with Gasteiger partial charge in [-0.25, -0.2) is 4.79 Å². The van der Waals surface area contributed by atoms with E-state index in [-0.39, 0.29) is 0 Å². The van der Waals surface area contributed by atoms with E-state index in [1.165, 1.54) is 7.11 Å². The lowest BCUT2D eigenvalue weighted by Gasteiger charge is -2.08. The summed E-state index contributed by atoms with van der Waals surface area (Å²) < 4.78 is 4.72. The molecule has 11 heavy (non-hydrogen) atoms. The smallest absolute Gasteiger partial charge is 0.332 e. The number of carbonyl (C=O) groups is 1. The fourth-order valence-corrected chi connectivity index (χ4v) is 0.790. The molecule has 0 aromatic carbocycles. The van der Waals surface area contributed by atoms with Gasteiger partial charge in [0.1, 0.15) is 0 Å². The molecule has 0 fully saturated rings. The van der Waals surface area contributed by atoms with Crippen molar-refractivity contribution < 1.29 is 14.6 Å². The van der Waals surface area contributed by atoms with Crippen LogP contribution in [0, 0.1) is 0 Å². The molecule has 0 aliphatic heterocycles. The van der Waals surface area contributed by atoms with Crippen LogP contribution in [0.25, 0.3) is 0 Å². The highest BCUT2D eigenvalue weighted by Gasteiger charge is 2.14. The molecular formula is C8H14O3. The third-order valence-electron chi connectivity index (χ3n) is 1.43. The van der Waals surface area contributed by atoms with Gasteiger partial charge in [-0.2, -0.15) is 0 Å². The van der Waals surface area contributed by atoms with Crippen LogP contribution >= 0.6 is 0 Å². The molecule has 3 nitrogen and oxygen atoms in total. The molecule has 1 atom stereocenters. The second kappa shape index (κ2) is 5.92. The molecule has 0 aliphatic carbocycles. The first kappa shape index (κ1) is 10.2. The molecule has 0 saturated heterocycles. The van der Waals surface area contributed by atoms with Gasteiger partial charge in [0.15, 0.2) is 6.10 Å². The van der Waals surface area contributed by atoms with Crippen molar-refractivity contribution in [3.05, 3.63) is 12.7 Å². The average Bonchev–Trinajstić information content (AvgIpc) is 1.97. The van der Waals surface area contributed by atoms with Crippen molar-refractivity contribution in [3.8, 4) is 0 Å². The highest BCUT2D eigenvalue weighted by atomic mass is 16.5. The number of rotatable bonds is 6. The van der Waals surface area contributed by atoms with Crippen LogP contribution in [0.5, 0.6) is 0 Å². The Hall–Kier alpha value is -0.830. The first-order valence-corrected chi connectivity index (χ1v) is 3.59. The summed E-state index contributed by atoms with van der Waals surface area (Å²) in [6.45, 7) is 3.54. The molecule has 3 heteroatoms. The van der Waals surface area contributed by atoms with Crippen molar-refractivity contribution in [1.82, 2.24) is 0 Å². The van der Waals surface area contributed by atoms with Gasteiger partial charge in [0, 0.05) is 7.11 Å². The number of aliphatic carboxylic acids is 1. The number of methoxy groups -OCH3 is 1. The maximum Gasteiger partial charge on any atom is 0.332 e. The van der Waals surface area contributed by atoms with E-state index in [9.17, 15) is 4.79 Å². The molecule has 0 aromatic heterocycles. The van der Waals surface area contributed by atoms with Gasteiger partial charge in [-0.3, -0.25) is 0 Å². The number of allylic oxidation sites excluding steroid dienone is 1. The summed E-state index contributed by atoms with van der Waals surface area (Å²) >= 11 is 0. The molecule has 1 unspecified atom stereocenters. The van der Waals surface area contributed by atoms with E-state index in [2.05, 4.69) is 6.58 Å². The minimum Gasteiger partial charge on any atom is -0.479 e. The van der Waals surface area contributed by atoms with Gasteiger partial charge in [-0.15, -0.1) is 6.58 Å². The molecule has 0 radical (unpaired) electrons. The van der Waals surface area contributed by atoms with E-state index >= 15 is 0 Å². The number of carboxylic acid groups (broad SMARTS) is 1. The van der Waals surface area contributed by atoms with Crippen molar-refractivity contribution in [1.29, 1.82) is 0 Å². The van der Waals surface area contributed by atoms with E-state index in [1.54, 1.807) is 6.08 Å². The van der Waals surface area contributed by atoms with Crippen molar-refractivity contribution in [2.45, 2.75) is 25.4 Å². The topological polar surface area (TPSA) is 46.5 Å². The highest BCUT2D eigenvalue weighted by Crippen LogP contribution is 2.04.